The van der Waals surface area contributed by atoms with Crippen molar-refractivity contribution in [2.75, 3.05) is 11.9 Å². The summed E-state index contributed by atoms with van der Waals surface area (Å²) in [6, 6.07) is 3.93. The zero-order valence-electron chi connectivity index (χ0n) is 19.1. The van der Waals surface area contributed by atoms with E-state index in [0.717, 1.165) is 12.1 Å². The number of aryl methyl sites for hydroxylation is 1. The first-order valence-electron chi connectivity index (χ1n) is 10.6. The second kappa shape index (κ2) is 10.0. The number of carbonyl (C=O) groups excluding carboxylic acids is 1. The molecule has 3 aromatic heterocycles. The van der Waals surface area contributed by atoms with Gasteiger partial charge in [-0.05, 0) is 44.9 Å². The van der Waals surface area contributed by atoms with E-state index in [1.165, 1.54) is 16.7 Å². The van der Waals surface area contributed by atoms with Gasteiger partial charge >= 0.3 is 12.4 Å². The number of hydrogen-bond acceptors (Lipinski definition) is 6. The molecule has 0 fully saturated rings. The number of aliphatic hydroxyl groups excluding tert-OH is 1. The molecular weight excluding hydrogens is 496 g/mol. The monoisotopic (exact) mass is 519 g/mol. The minimum Gasteiger partial charge on any atom is -0.390 e. The molecule has 0 aliphatic carbocycles. The number of aliphatic hydroxyl groups is 2. The standard InChI is InChI=1S/C22H23F6N5O3/c1-20(2,36)7-6-12-9-33-10-15(13(8-17(33)30-12)18(34)29-11-21(23,24)25)32-19(35)14-4-3-5-16(31-14)22(26,27)28/h3-5,8-10,18,29,34,36H,6-7,11H2,1-2H3,(H,32,35). The second-order valence-electron chi connectivity index (χ2n) is 8.71. The smallest absolute Gasteiger partial charge is 0.390 e. The maximum atomic E-state index is 13.0. The number of fused-ring (bicyclic) bond motifs is 1. The number of hydrogen-bond donors (Lipinski definition) is 4. The highest BCUT2D eigenvalue weighted by atomic mass is 19.4. The van der Waals surface area contributed by atoms with Crippen LogP contribution in [0.2, 0.25) is 0 Å². The maximum Gasteiger partial charge on any atom is 0.433 e. The largest absolute Gasteiger partial charge is 0.433 e. The van der Waals surface area contributed by atoms with E-state index in [-0.39, 0.29) is 16.9 Å². The molecule has 3 aromatic rings. The lowest BCUT2D eigenvalue weighted by Crippen LogP contribution is -2.32. The number of rotatable bonds is 8. The van der Waals surface area contributed by atoms with E-state index in [1.54, 1.807) is 20.0 Å². The van der Waals surface area contributed by atoms with Crippen molar-refractivity contribution in [2.24, 2.45) is 0 Å². The van der Waals surface area contributed by atoms with Gasteiger partial charge in [-0.25, -0.2) is 9.97 Å². The van der Waals surface area contributed by atoms with E-state index in [0.29, 0.717) is 24.6 Å². The first kappa shape index (κ1) is 27.4. The molecule has 0 aromatic carbocycles. The molecule has 0 saturated carbocycles. The minimum atomic E-state index is -4.80. The number of amides is 1. The Labute approximate surface area is 201 Å². The quantitative estimate of drug-likeness (QED) is 0.266. The number of pyridine rings is 2. The van der Waals surface area contributed by atoms with Crippen LogP contribution in [0, 0.1) is 0 Å². The van der Waals surface area contributed by atoms with Gasteiger partial charge in [0.05, 0.1) is 23.5 Å². The van der Waals surface area contributed by atoms with E-state index < -0.39 is 48.0 Å². The Morgan fingerprint density at radius 2 is 1.81 bits per heavy atom. The molecule has 0 aliphatic rings. The SMILES string of the molecule is CC(C)(O)CCc1cn2cc(NC(=O)c3cccc(C(F)(F)F)n3)c(C(O)NCC(F)(F)F)cc2n1. The summed E-state index contributed by atoms with van der Waals surface area (Å²) < 4.78 is 78.3. The fourth-order valence-corrected chi connectivity index (χ4v) is 3.21. The molecule has 8 nitrogen and oxygen atoms in total. The number of alkyl halides is 6. The molecule has 0 bridgehead atoms. The molecule has 1 atom stereocenters. The van der Waals surface area contributed by atoms with Gasteiger partial charge in [-0.15, -0.1) is 0 Å². The molecule has 0 saturated heterocycles. The number of halogens is 6. The second-order valence-corrected chi connectivity index (χ2v) is 8.71. The molecule has 36 heavy (non-hydrogen) atoms. The van der Waals surface area contributed by atoms with Crippen LogP contribution in [0.5, 0.6) is 0 Å². The van der Waals surface area contributed by atoms with Crippen molar-refractivity contribution in [1.82, 2.24) is 19.7 Å². The third-order valence-electron chi connectivity index (χ3n) is 4.98. The highest BCUT2D eigenvalue weighted by Gasteiger charge is 2.33. The third kappa shape index (κ3) is 7.38. The van der Waals surface area contributed by atoms with E-state index in [9.17, 15) is 41.4 Å². The van der Waals surface area contributed by atoms with Crippen molar-refractivity contribution in [3.05, 3.63) is 59.3 Å². The van der Waals surface area contributed by atoms with Crippen LogP contribution in [0.15, 0.2) is 36.7 Å². The molecular formula is C22H23F6N5O3. The van der Waals surface area contributed by atoms with Gasteiger partial charge < -0.3 is 19.9 Å². The van der Waals surface area contributed by atoms with Gasteiger partial charge in [-0.2, -0.15) is 26.3 Å². The van der Waals surface area contributed by atoms with Crippen LogP contribution < -0.4 is 10.6 Å². The summed E-state index contributed by atoms with van der Waals surface area (Å²) in [5, 5.41) is 24.5. The predicted octanol–water partition coefficient (Wildman–Crippen LogP) is 3.85. The zero-order chi connectivity index (χ0) is 26.9. The highest BCUT2D eigenvalue weighted by molar-refractivity contribution is 6.03. The van der Waals surface area contributed by atoms with Gasteiger partial charge in [-0.1, -0.05) is 6.07 Å². The lowest BCUT2D eigenvalue weighted by Gasteiger charge is -2.19. The molecule has 1 amide bonds. The molecule has 0 spiro atoms. The summed E-state index contributed by atoms with van der Waals surface area (Å²) in [6.07, 6.45) is -7.83. The first-order chi connectivity index (χ1) is 16.5. The summed E-state index contributed by atoms with van der Waals surface area (Å²) in [5.41, 5.74) is -2.51. The van der Waals surface area contributed by atoms with Gasteiger partial charge in [0.25, 0.3) is 5.91 Å². The lowest BCUT2D eigenvalue weighted by molar-refractivity contribution is -0.141. The maximum absolute atomic E-state index is 13.0. The van der Waals surface area contributed by atoms with Crippen molar-refractivity contribution < 1.29 is 41.4 Å². The van der Waals surface area contributed by atoms with Crippen LogP contribution in [0.3, 0.4) is 0 Å². The fraction of sp³-hybridized carbons (Fsp3) is 0.409. The fourth-order valence-electron chi connectivity index (χ4n) is 3.21. The summed E-state index contributed by atoms with van der Waals surface area (Å²) in [4.78, 5) is 20.3. The Hall–Kier alpha value is -3.23. The minimum absolute atomic E-state index is 0.180. The molecule has 1 unspecified atom stereocenters. The van der Waals surface area contributed by atoms with Crippen molar-refractivity contribution in [1.29, 1.82) is 0 Å². The van der Waals surface area contributed by atoms with Crippen molar-refractivity contribution >= 4 is 17.2 Å². The number of carbonyl (C=O) groups is 1. The summed E-state index contributed by atoms with van der Waals surface area (Å²) in [7, 11) is 0. The molecule has 3 rings (SSSR count). The Balaban J connectivity index is 1.97. The number of nitrogens with zero attached hydrogens (tertiary/aromatic N) is 3. The van der Waals surface area contributed by atoms with Crippen molar-refractivity contribution in [3.63, 3.8) is 0 Å². The number of nitrogens with one attached hydrogen (secondary N) is 2. The van der Waals surface area contributed by atoms with Crippen LogP contribution in [0.4, 0.5) is 32.0 Å². The summed E-state index contributed by atoms with van der Waals surface area (Å²) in [6.45, 7) is 1.67. The van der Waals surface area contributed by atoms with Crippen LogP contribution in [-0.2, 0) is 12.6 Å². The number of aromatic nitrogens is 3. The van der Waals surface area contributed by atoms with E-state index in [1.807, 2.05) is 5.32 Å². The Morgan fingerprint density at radius 1 is 1.11 bits per heavy atom. The van der Waals surface area contributed by atoms with Gasteiger partial charge in [0.1, 0.15) is 23.3 Å². The van der Waals surface area contributed by atoms with Crippen LogP contribution in [0.1, 0.15) is 53.9 Å². The first-order valence-corrected chi connectivity index (χ1v) is 10.6. The van der Waals surface area contributed by atoms with Crippen molar-refractivity contribution in [3.8, 4) is 0 Å². The molecule has 0 radical (unpaired) electrons. The molecule has 196 valence electrons. The van der Waals surface area contributed by atoms with E-state index in [4.69, 9.17) is 0 Å². The van der Waals surface area contributed by atoms with Crippen molar-refractivity contribution in [2.45, 2.75) is 50.9 Å². The van der Waals surface area contributed by atoms with Gasteiger partial charge in [0.15, 0.2) is 0 Å². The Morgan fingerprint density at radius 3 is 2.42 bits per heavy atom. The molecule has 3 heterocycles. The normalized spacial score (nSPS) is 13.7. The molecule has 14 heteroatoms. The van der Waals surface area contributed by atoms with Gasteiger partial charge in [0, 0.05) is 18.0 Å². The van der Waals surface area contributed by atoms with Crippen LogP contribution in [0.25, 0.3) is 5.65 Å². The molecule has 0 aliphatic heterocycles. The Kier molecular flexibility index (Phi) is 7.62. The lowest BCUT2D eigenvalue weighted by atomic mass is 10.0. The van der Waals surface area contributed by atoms with Crippen LogP contribution in [-0.4, -0.2) is 48.8 Å². The Bertz CT molecular complexity index is 1230. The average molecular weight is 519 g/mol. The zero-order valence-corrected chi connectivity index (χ0v) is 19.1. The van der Waals surface area contributed by atoms with E-state index >= 15 is 0 Å². The van der Waals surface area contributed by atoms with Gasteiger partial charge in [0.2, 0.25) is 0 Å². The predicted molar refractivity (Wildman–Crippen MR) is 116 cm³/mol. The van der Waals surface area contributed by atoms with Gasteiger partial charge in [-0.3, -0.25) is 10.1 Å². The molecule has 4 N–H and O–H groups in total. The number of imidazole rings is 1. The average Bonchev–Trinajstić information content (AvgIpc) is 3.16. The van der Waals surface area contributed by atoms with E-state index in [2.05, 4.69) is 15.3 Å². The third-order valence-corrected chi connectivity index (χ3v) is 4.98. The number of anilines is 1. The van der Waals surface area contributed by atoms with Crippen LogP contribution >= 0.6 is 0 Å². The summed E-state index contributed by atoms with van der Waals surface area (Å²) >= 11 is 0. The topological polar surface area (TPSA) is 112 Å². The summed E-state index contributed by atoms with van der Waals surface area (Å²) in [5.74, 6) is -1.08. The highest BCUT2D eigenvalue weighted by Crippen LogP contribution is 2.29.